The topological polar surface area (TPSA) is 28.6 Å². The van der Waals surface area contributed by atoms with Crippen molar-refractivity contribution in [2.24, 2.45) is 0 Å². The third kappa shape index (κ3) is 5.00. The monoisotopic (exact) mass is 636 g/mol. The first-order valence-corrected chi connectivity index (χ1v) is 11.1. The first kappa shape index (κ1) is 19.8. The fourth-order valence-corrected chi connectivity index (χ4v) is 4.41. The molecule has 0 bridgehead atoms. The van der Waals surface area contributed by atoms with E-state index in [2.05, 4.69) is 56.1 Å². The summed E-state index contributed by atoms with van der Waals surface area (Å²) in [6, 6.07) is 22.5. The van der Waals surface area contributed by atoms with Crippen molar-refractivity contribution in [1.82, 2.24) is 9.88 Å². The molecule has 0 fully saturated rings. The standard InChI is InChI=1S/C27H24N3OS.Pt/c1-27(2,3)19-11-12-28-24(15-19)22-9-6-10-25-23(22)17-26(32-25)31-21-8-5-7-20(16-21)30-14-13-29(4)18-30;/h5-15,18H,1-4H3;/q-3;/i4D3;. The van der Waals surface area contributed by atoms with Gasteiger partial charge in [0.15, 0.2) is 0 Å². The third-order valence-electron chi connectivity index (χ3n) is 5.23. The van der Waals surface area contributed by atoms with Crippen LogP contribution >= 0.6 is 11.3 Å². The van der Waals surface area contributed by atoms with Crippen LogP contribution in [0.4, 0.5) is 5.69 Å². The van der Waals surface area contributed by atoms with Gasteiger partial charge >= 0.3 is 0 Å². The van der Waals surface area contributed by atoms with Crippen molar-refractivity contribution in [2.75, 3.05) is 11.9 Å². The number of fused-ring (bicyclic) bond motifs is 1. The zero-order valence-corrected chi connectivity index (χ0v) is 21.5. The van der Waals surface area contributed by atoms with Crippen LogP contribution in [0.15, 0.2) is 67.1 Å². The second-order valence-electron chi connectivity index (χ2n) is 8.60. The number of pyridine rings is 1. The van der Waals surface area contributed by atoms with E-state index in [-0.39, 0.29) is 26.5 Å². The van der Waals surface area contributed by atoms with Crippen LogP contribution in [-0.2, 0) is 26.5 Å². The van der Waals surface area contributed by atoms with Crippen molar-refractivity contribution < 1.29 is 29.9 Å². The van der Waals surface area contributed by atoms with Gasteiger partial charge in [-0.15, -0.1) is 47.6 Å². The number of nitrogens with zero attached hydrogens (tertiary/aromatic N) is 3. The Labute approximate surface area is 218 Å². The first-order chi connectivity index (χ1) is 16.6. The van der Waals surface area contributed by atoms with Crippen molar-refractivity contribution in [2.45, 2.75) is 26.2 Å². The molecule has 2 aromatic heterocycles. The summed E-state index contributed by atoms with van der Waals surface area (Å²) in [6.07, 6.45) is 5.05. The molecule has 0 aliphatic carbocycles. The molecule has 33 heavy (non-hydrogen) atoms. The van der Waals surface area contributed by atoms with Gasteiger partial charge in [0, 0.05) is 42.8 Å². The molecule has 4 aromatic rings. The molecule has 3 heterocycles. The summed E-state index contributed by atoms with van der Waals surface area (Å²) < 4.78 is 29.8. The molecule has 0 radical (unpaired) electrons. The Morgan fingerprint density at radius 2 is 1.94 bits per heavy atom. The Morgan fingerprint density at radius 3 is 2.73 bits per heavy atom. The van der Waals surface area contributed by atoms with Gasteiger partial charge in [0.05, 0.1) is 0 Å². The van der Waals surface area contributed by atoms with E-state index in [1.807, 2.05) is 36.5 Å². The molecular formula is C27H24N3OPtS-3. The van der Waals surface area contributed by atoms with Crippen LogP contribution in [-0.4, -0.2) is 16.9 Å². The van der Waals surface area contributed by atoms with E-state index in [4.69, 9.17) is 8.85 Å². The van der Waals surface area contributed by atoms with E-state index in [1.54, 1.807) is 11.1 Å². The summed E-state index contributed by atoms with van der Waals surface area (Å²) in [5.41, 5.74) is 3.85. The number of hydrogen-bond acceptors (Lipinski definition) is 5. The summed E-state index contributed by atoms with van der Waals surface area (Å²) in [7, 11) is 0. The summed E-state index contributed by atoms with van der Waals surface area (Å²) >= 11 is 1.51. The Morgan fingerprint density at radius 1 is 1.09 bits per heavy atom. The van der Waals surface area contributed by atoms with E-state index >= 15 is 0 Å². The second kappa shape index (κ2) is 9.32. The molecule has 4 nitrogen and oxygen atoms in total. The van der Waals surface area contributed by atoms with Crippen LogP contribution in [0.5, 0.6) is 10.8 Å². The van der Waals surface area contributed by atoms with Crippen molar-refractivity contribution in [3.05, 3.63) is 91.5 Å². The maximum Gasteiger partial charge on any atom is 0.107 e. The number of aromatic nitrogens is 1. The SMILES string of the molecule is [2H]C([2H])([2H])N1C=CN(c2[c-]c(Oc3[c-]c4c(-c5cc(C(C)(C)C)ccn5)cccc4s3)ccc2)[CH-]1.[Pt]. The number of hydrogen-bond donors (Lipinski definition) is 0. The molecular weight excluding hydrogens is 609 g/mol. The van der Waals surface area contributed by atoms with Gasteiger partial charge in [0.25, 0.3) is 0 Å². The maximum absolute atomic E-state index is 7.55. The fourth-order valence-electron chi connectivity index (χ4n) is 3.52. The predicted octanol–water partition coefficient (Wildman–Crippen LogP) is 6.99. The smallest absolute Gasteiger partial charge is 0.107 e. The van der Waals surface area contributed by atoms with Gasteiger partial charge < -0.3 is 14.5 Å². The minimum atomic E-state index is -2.23. The molecule has 2 aromatic carbocycles. The van der Waals surface area contributed by atoms with Crippen molar-refractivity contribution in [3.63, 3.8) is 0 Å². The predicted molar refractivity (Wildman–Crippen MR) is 132 cm³/mol. The molecule has 0 N–H and O–H groups in total. The number of rotatable bonds is 4. The van der Waals surface area contributed by atoms with Crippen LogP contribution in [0.3, 0.4) is 0 Å². The van der Waals surface area contributed by atoms with Crippen LogP contribution in [0.1, 0.15) is 30.4 Å². The molecule has 5 rings (SSSR count). The van der Waals surface area contributed by atoms with Gasteiger partial charge in [-0.1, -0.05) is 31.5 Å². The van der Waals surface area contributed by atoms with E-state index in [0.717, 1.165) is 21.3 Å². The summed E-state index contributed by atoms with van der Waals surface area (Å²) in [5.74, 6) is 0.522. The number of benzene rings is 2. The second-order valence-corrected chi connectivity index (χ2v) is 9.62. The summed E-state index contributed by atoms with van der Waals surface area (Å²) in [5, 5.41) is 1.59. The largest absolute Gasteiger partial charge is 0.510 e. The molecule has 6 heteroatoms. The molecule has 0 amide bonds. The molecule has 1 aliphatic rings. The van der Waals surface area contributed by atoms with E-state index in [9.17, 15) is 0 Å². The maximum atomic E-state index is 7.55. The van der Waals surface area contributed by atoms with Crippen LogP contribution < -0.4 is 9.64 Å². The average Bonchev–Trinajstić information content (AvgIpc) is 3.46. The average molecular weight is 637 g/mol. The Balaban J connectivity index is 0.00000304. The van der Waals surface area contributed by atoms with Crippen molar-refractivity contribution in [1.29, 1.82) is 0 Å². The Bertz CT molecular complexity index is 1410. The van der Waals surface area contributed by atoms with E-state index < -0.39 is 6.98 Å². The summed E-state index contributed by atoms with van der Waals surface area (Å²) in [4.78, 5) is 7.50. The van der Waals surface area contributed by atoms with E-state index in [0.29, 0.717) is 16.5 Å². The van der Waals surface area contributed by atoms with Gasteiger partial charge in [-0.25, -0.2) is 0 Å². The minimum absolute atomic E-state index is 0. The molecule has 0 unspecified atom stereocenters. The third-order valence-corrected chi connectivity index (χ3v) is 6.16. The van der Waals surface area contributed by atoms with Gasteiger partial charge in [-0.05, 0) is 42.5 Å². The summed E-state index contributed by atoms with van der Waals surface area (Å²) in [6.45, 7) is 5.85. The molecule has 0 saturated heterocycles. The van der Waals surface area contributed by atoms with Crippen LogP contribution in [0.2, 0.25) is 0 Å². The van der Waals surface area contributed by atoms with Crippen molar-refractivity contribution >= 4 is 27.1 Å². The van der Waals surface area contributed by atoms with Crippen LogP contribution in [0, 0.1) is 18.8 Å². The van der Waals surface area contributed by atoms with E-state index in [1.165, 1.54) is 34.7 Å². The molecule has 1 aliphatic heterocycles. The number of anilines is 1. The van der Waals surface area contributed by atoms with Crippen LogP contribution in [0.25, 0.3) is 21.3 Å². The fraction of sp³-hybridized carbons (Fsp3) is 0.185. The minimum Gasteiger partial charge on any atom is -0.510 e. The molecule has 172 valence electrons. The molecule has 0 spiro atoms. The van der Waals surface area contributed by atoms with Gasteiger partial charge in [0.2, 0.25) is 0 Å². The van der Waals surface area contributed by atoms with Gasteiger partial charge in [-0.3, -0.25) is 4.98 Å². The number of thiophene rings is 1. The number of ether oxygens (including phenoxy) is 1. The van der Waals surface area contributed by atoms with Gasteiger partial charge in [-0.2, -0.15) is 29.5 Å². The molecule has 0 atom stereocenters. The Hall–Kier alpha value is -2.62. The zero-order valence-electron chi connectivity index (χ0n) is 21.4. The Kier molecular flexibility index (Phi) is 5.60. The first-order valence-electron chi connectivity index (χ1n) is 11.8. The zero-order chi connectivity index (χ0) is 24.8. The van der Waals surface area contributed by atoms with Gasteiger partial charge in [0.1, 0.15) is 5.06 Å². The quantitative estimate of drug-likeness (QED) is 0.226. The molecule has 0 saturated carbocycles. The normalized spacial score (nSPS) is 15.2. The van der Waals surface area contributed by atoms with Crippen molar-refractivity contribution in [3.8, 4) is 22.1 Å².